The Kier molecular flexibility index (Phi) is 7.00. The van der Waals surface area contributed by atoms with Gasteiger partial charge < -0.3 is 14.0 Å². The fraction of sp³-hybridized carbons (Fsp3) is 0.0208. The minimum Gasteiger partial charge on any atom is -0.310 e. The van der Waals surface area contributed by atoms with Gasteiger partial charge >= 0.3 is 0 Å². The van der Waals surface area contributed by atoms with Gasteiger partial charge in [0.2, 0.25) is 0 Å². The van der Waals surface area contributed by atoms with E-state index in [4.69, 9.17) is 0 Å². The minimum atomic E-state index is 0.969. The van der Waals surface area contributed by atoms with Crippen LogP contribution in [0.3, 0.4) is 0 Å². The van der Waals surface area contributed by atoms with Crippen LogP contribution in [0.15, 0.2) is 188 Å². The van der Waals surface area contributed by atoms with E-state index in [-0.39, 0.29) is 0 Å². The van der Waals surface area contributed by atoms with Crippen molar-refractivity contribution in [3.63, 3.8) is 0 Å². The number of pyridine rings is 1. The number of benzene rings is 7. The van der Waals surface area contributed by atoms with Gasteiger partial charge in [-0.2, -0.15) is 0 Å². The van der Waals surface area contributed by atoms with Crippen molar-refractivity contribution < 1.29 is 0 Å². The second-order valence-electron chi connectivity index (χ2n) is 13.3. The zero-order chi connectivity index (χ0) is 34.6. The first-order valence-electron chi connectivity index (χ1n) is 17.7. The fourth-order valence-electron chi connectivity index (χ4n) is 7.85. The molecule has 0 saturated carbocycles. The lowest BCUT2D eigenvalue weighted by Crippen LogP contribution is -2.10. The average Bonchev–Trinajstić information content (AvgIpc) is 3.73. The van der Waals surface area contributed by atoms with Gasteiger partial charge in [0.25, 0.3) is 0 Å². The third kappa shape index (κ3) is 4.80. The van der Waals surface area contributed by atoms with E-state index in [1.165, 1.54) is 43.7 Å². The zero-order valence-corrected chi connectivity index (χ0v) is 28.7. The highest BCUT2D eigenvalue weighted by Gasteiger charge is 2.21. The van der Waals surface area contributed by atoms with E-state index in [2.05, 4.69) is 196 Å². The molecule has 0 spiro atoms. The molecule has 0 atom stereocenters. The lowest BCUT2D eigenvalue weighted by molar-refractivity contribution is 1.17. The highest BCUT2D eigenvalue weighted by Crippen LogP contribution is 2.44. The molecule has 0 aliphatic carbocycles. The van der Waals surface area contributed by atoms with Crippen molar-refractivity contribution in [2.24, 2.45) is 0 Å². The number of fused-ring (bicyclic) bond motifs is 6. The number of nitrogens with zero attached hydrogens (tertiary/aromatic N) is 4. The highest BCUT2D eigenvalue weighted by molar-refractivity contribution is 6.16. The SMILES string of the molecule is Cc1ccc(N(c2ccc(-n3c4ccccc4c4ccccc43)cc2)c2cccc3c2c2ccccc2n3-c2ccc(-c3ccccn3)cc2)cc1. The summed E-state index contributed by atoms with van der Waals surface area (Å²) in [6, 6.07) is 65.4. The average molecular weight is 667 g/mol. The molecule has 7 aromatic carbocycles. The predicted molar refractivity (Wildman–Crippen MR) is 218 cm³/mol. The Morgan fingerprint density at radius 3 is 1.54 bits per heavy atom. The molecule has 0 unspecified atom stereocenters. The summed E-state index contributed by atoms with van der Waals surface area (Å²) in [5.41, 5.74) is 13.6. The summed E-state index contributed by atoms with van der Waals surface area (Å²) in [6.07, 6.45) is 1.84. The Balaban J connectivity index is 1.15. The molecule has 10 rings (SSSR count). The van der Waals surface area contributed by atoms with E-state index in [0.29, 0.717) is 0 Å². The van der Waals surface area contributed by atoms with Gasteiger partial charge in [0.05, 0.1) is 33.4 Å². The third-order valence-electron chi connectivity index (χ3n) is 10.2. The maximum absolute atomic E-state index is 4.57. The molecular formula is C48H34N4. The maximum atomic E-state index is 4.57. The molecule has 246 valence electrons. The van der Waals surface area contributed by atoms with Gasteiger partial charge in [-0.3, -0.25) is 4.98 Å². The van der Waals surface area contributed by atoms with E-state index in [1.54, 1.807) is 0 Å². The number of anilines is 3. The normalized spacial score (nSPS) is 11.6. The molecule has 0 amide bonds. The molecule has 0 radical (unpaired) electrons. The number of para-hydroxylation sites is 3. The van der Waals surface area contributed by atoms with Crippen LogP contribution in [0.5, 0.6) is 0 Å². The summed E-state index contributed by atoms with van der Waals surface area (Å²) in [5.74, 6) is 0. The molecule has 4 nitrogen and oxygen atoms in total. The second-order valence-corrected chi connectivity index (χ2v) is 13.3. The number of aromatic nitrogens is 3. The summed E-state index contributed by atoms with van der Waals surface area (Å²) >= 11 is 0. The maximum Gasteiger partial charge on any atom is 0.0701 e. The van der Waals surface area contributed by atoms with Crippen molar-refractivity contribution in [2.75, 3.05) is 4.90 Å². The monoisotopic (exact) mass is 666 g/mol. The number of hydrogen-bond acceptors (Lipinski definition) is 2. The van der Waals surface area contributed by atoms with E-state index in [1.807, 2.05) is 18.3 Å². The van der Waals surface area contributed by atoms with Gasteiger partial charge in [0.15, 0.2) is 0 Å². The third-order valence-corrected chi connectivity index (χ3v) is 10.2. The number of rotatable bonds is 6. The van der Waals surface area contributed by atoms with Crippen molar-refractivity contribution in [1.29, 1.82) is 0 Å². The van der Waals surface area contributed by atoms with Gasteiger partial charge in [-0.1, -0.05) is 96.6 Å². The van der Waals surface area contributed by atoms with E-state index < -0.39 is 0 Å². The van der Waals surface area contributed by atoms with Crippen LogP contribution >= 0.6 is 0 Å². The van der Waals surface area contributed by atoms with Gasteiger partial charge in [-0.05, 0) is 97.9 Å². The topological polar surface area (TPSA) is 26.0 Å². The second kappa shape index (κ2) is 12.1. The Morgan fingerprint density at radius 2 is 0.923 bits per heavy atom. The summed E-state index contributed by atoms with van der Waals surface area (Å²) in [7, 11) is 0. The van der Waals surface area contributed by atoms with Crippen molar-refractivity contribution >= 4 is 60.7 Å². The lowest BCUT2D eigenvalue weighted by Gasteiger charge is -2.27. The highest BCUT2D eigenvalue weighted by atomic mass is 15.1. The van der Waals surface area contributed by atoms with Crippen LogP contribution in [0.4, 0.5) is 17.1 Å². The standard InChI is InChI=1S/C48H34N4/c1-33-20-24-35(25-21-33)50(36-28-30-38(31-29-36)51-43-15-5-2-11-39(43)40-12-3-6-16-44(40)51)46-18-10-19-47-48(46)41-13-4-7-17-45(41)52(47)37-26-22-34(23-27-37)42-14-8-9-32-49-42/h2-32H,1H3. The number of hydrogen-bond donors (Lipinski definition) is 0. The van der Waals surface area contributed by atoms with Crippen molar-refractivity contribution in [1.82, 2.24) is 14.1 Å². The largest absolute Gasteiger partial charge is 0.310 e. The summed E-state index contributed by atoms with van der Waals surface area (Å²) in [5, 5.41) is 4.94. The molecule has 0 bridgehead atoms. The van der Waals surface area contributed by atoms with Crippen LogP contribution in [-0.2, 0) is 0 Å². The van der Waals surface area contributed by atoms with Gasteiger partial charge in [0.1, 0.15) is 0 Å². The summed E-state index contributed by atoms with van der Waals surface area (Å²) < 4.78 is 4.76. The Morgan fingerprint density at radius 1 is 0.423 bits per heavy atom. The van der Waals surface area contributed by atoms with Crippen LogP contribution in [0.1, 0.15) is 5.56 Å². The van der Waals surface area contributed by atoms with Gasteiger partial charge in [-0.25, -0.2) is 0 Å². The smallest absolute Gasteiger partial charge is 0.0701 e. The molecule has 52 heavy (non-hydrogen) atoms. The van der Waals surface area contributed by atoms with Crippen molar-refractivity contribution in [3.05, 3.63) is 194 Å². The first-order chi connectivity index (χ1) is 25.7. The molecule has 3 aromatic heterocycles. The molecule has 0 N–H and O–H groups in total. The quantitative estimate of drug-likeness (QED) is 0.177. The number of aryl methyl sites for hydroxylation is 1. The molecule has 10 aromatic rings. The Labute approximate surface area is 302 Å². The summed E-state index contributed by atoms with van der Waals surface area (Å²) in [4.78, 5) is 6.97. The Hall–Kier alpha value is -6.91. The summed E-state index contributed by atoms with van der Waals surface area (Å²) in [6.45, 7) is 2.14. The molecule has 0 aliphatic rings. The molecule has 0 saturated heterocycles. The molecule has 0 aliphatic heterocycles. The van der Waals surface area contributed by atoms with Crippen LogP contribution in [0, 0.1) is 6.92 Å². The molecule has 3 heterocycles. The van der Waals surface area contributed by atoms with Crippen LogP contribution in [-0.4, -0.2) is 14.1 Å². The first-order valence-corrected chi connectivity index (χ1v) is 17.7. The van der Waals surface area contributed by atoms with Crippen LogP contribution in [0.25, 0.3) is 66.2 Å². The van der Waals surface area contributed by atoms with Gasteiger partial charge in [0, 0.05) is 56.1 Å². The van der Waals surface area contributed by atoms with E-state index in [9.17, 15) is 0 Å². The minimum absolute atomic E-state index is 0.969. The fourth-order valence-corrected chi connectivity index (χ4v) is 7.85. The zero-order valence-electron chi connectivity index (χ0n) is 28.7. The van der Waals surface area contributed by atoms with Crippen molar-refractivity contribution in [2.45, 2.75) is 6.92 Å². The van der Waals surface area contributed by atoms with Crippen molar-refractivity contribution in [3.8, 4) is 22.6 Å². The van der Waals surface area contributed by atoms with E-state index in [0.717, 1.165) is 45.2 Å². The molecular weight excluding hydrogens is 633 g/mol. The predicted octanol–water partition coefficient (Wildman–Crippen LogP) is 12.7. The first kappa shape index (κ1) is 30.0. The van der Waals surface area contributed by atoms with Crippen LogP contribution in [0.2, 0.25) is 0 Å². The van der Waals surface area contributed by atoms with Gasteiger partial charge in [-0.15, -0.1) is 0 Å². The lowest BCUT2D eigenvalue weighted by atomic mass is 10.1. The van der Waals surface area contributed by atoms with E-state index >= 15 is 0 Å². The van der Waals surface area contributed by atoms with Crippen LogP contribution < -0.4 is 4.90 Å². The Bertz CT molecular complexity index is 2830. The molecule has 4 heteroatoms. The molecule has 0 fully saturated rings.